The van der Waals surface area contributed by atoms with E-state index in [0.717, 1.165) is 128 Å². The predicted octanol–water partition coefficient (Wildman–Crippen LogP) is 23.0. The van der Waals surface area contributed by atoms with Gasteiger partial charge in [-0.15, -0.1) is 6.58 Å². The summed E-state index contributed by atoms with van der Waals surface area (Å²) >= 11 is 0. The van der Waals surface area contributed by atoms with E-state index in [4.69, 9.17) is 18.9 Å². The Morgan fingerprint density at radius 3 is 1.01 bits per heavy atom. The molecule has 1 N–H and O–H groups in total. The summed E-state index contributed by atoms with van der Waals surface area (Å²) in [4.78, 5) is 87.0. The highest BCUT2D eigenvalue weighted by molar-refractivity contribution is 6.15. The van der Waals surface area contributed by atoms with Crippen LogP contribution in [0.25, 0.3) is 0 Å². The van der Waals surface area contributed by atoms with Crippen LogP contribution in [0.2, 0.25) is 0 Å². The first-order valence-electron chi connectivity index (χ1n) is 36.5. The second-order valence-corrected chi connectivity index (χ2v) is 29.9. The van der Waals surface area contributed by atoms with Crippen molar-refractivity contribution in [1.82, 2.24) is 0 Å². The Morgan fingerprint density at radius 2 is 0.765 bits per heavy atom. The molecule has 0 spiro atoms. The van der Waals surface area contributed by atoms with Gasteiger partial charge in [0.05, 0.1) is 12.0 Å². The average molecular weight is 1420 g/mol. The van der Waals surface area contributed by atoms with Crippen molar-refractivity contribution in [1.29, 1.82) is 0 Å². The summed E-state index contributed by atoms with van der Waals surface area (Å²) in [5.74, 6) is -5.08. The van der Waals surface area contributed by atoms with Crippen LogP contribution < -0.4 is 0 Å². The summed E-state index contributed by atoms with van der Waals surface area (Å²) < 4.78 is 24.2. The number of esters is 5. The zero-order valence-corrected chi connectivity index (χ0v) is 68.4. The minimum Gasteiger partial charge on any atom is -0.460 e. The Hall–Kier alpha value is -7.32. The summed E-state index contributed by atoms with van der Waals surface area (Å²) in [6.45, 7) is 60.8. The molecule has 0 bridgehead atoms. The van der Waals surface area contributed by atoms with Crippen LogP contribution in [0.4, 0.5) is 0 Å². The molecule has 2 rings (SSSR count). The number of hydrogen-bond acceptors (Lipinski definition) is 14. The molecule has 14 heteroatoms. The molecule has 14 nitrogen and oxygen atoms in total. The first-order chi connectivity index (χ1) is 47.1. The van der Waals surface area contributed by atoms with Gasteiger partial charge in [-0.05, 0) is 280 Å². The fourth-order valence-electron chi connectivity index (χ4n) is 9.19. The summed E-state index contributed by atoms with van der Waals surface area (Å²) in [5, 5.41) is 9.84. The van der Waals surface area contributed by atoms with Crippen molar-refractivity contribution in [2.75, 3.05) is 0 Å². The molecule has 2 unspecified atom stereocenters. The molecule has 0 amide bonds. The first kappa shape index (κ1) is 101. The van der Waals surface area contributed by atoms with Crippen LogP contribution in [0.15, 0.2) is 166 Å². The number of Topliss-reactive ketones (excluding diaryl/α,β-unsaturated/α-hetero) is 3. The lowest BCUT2D eigenvalue weighted by molar-refractivity contribution is -0.238. The third-order valence-electron chi connectivity index (χ3n) is 15.3. The van der Waals surface area contributed by atoms with Gasteiger partial charge in [0.1, 0.15) is 41.4 Å². The van der Waals surface area contributed by atoms with Crippen molar-refractivity contribution in [3.8, 4) is 0 Å². The van der Waals surface area contributed by atoms with Gasteiger partial charge in [-0.1, -0.05) is 148 Å². The summed E-state index contributed by atoms with van der Waals surface area (Å²) in [5.41, 5.74) is 13.3. The van der Waals surface area contributed by atoms with Gasteiger partial charge < -0.3 is 33.6 Å². The minimum atomic E-state index is -1.41. The zero-order valence-electron chi connectivity index (χ0n) is 68.4. The summed E-state index contributed by atoms with van der Waals surface area (Å²) in [6, 6.07) is 0. The Labute approximate surface area is 620 Å². The zero-order chi connectivity index (χ0) is 79.4. The van der Waals surface area contributed by atoms with Crippen molar-refractivity contribution in [3.63, 3.8) is 0 Å². The highest BCUT2D eigenvalue weighted by atomic mass is 16.7. The molecule has 0 aromatic carbocycles. The Bertz CT molecular complexity index is 2960. The monoisotopic (exact) mass is 1420 g/mol. The van der Waals surface area contributed by atoms with Gasteiger partial charge in [0, 0.05) is 20.3 Å². The number of hydrogen-bond donors (Lipinski definition) is 1. The van der Waals surface area contributed by atoms with E-state index < -0.39 is 52.2 Å². The molecule has 0 aromatic rings. The largest absolute Gasteiger partial charge is 0.460 e. The number of aliphatic hydroxyl groups is 1. The second kappa shape index (κ2) is 56.2. The number of cyclic esters (lactones) is 3. The lowest BCUT2D eigenvalue weighted by Gasteiger charge is -2.31. The lowest BCUT2D eigenvalue weighted by Crippen LogP contribution is -2.48. The average Bonchev–Trinajstić information content (AvgIpc) is 0.812. The SMILES string of the molecule is C=C1CC(=O)O1.C=CC(C)(CC/C=C(\C)CC/C=C(\C)CCC=C(C)C)OC(=O)CC(=C)C.C=CC(C)(O)CC/C=C(\C)CC/C=C(\C)CCC=C(C)C.CC(=O)C1C(=O)OC(C)(C)OC1=O.CC(=O)CC(=O)OC(C)(C)C.CC(=O)CC/C=C(\C)CC/C=C(\C)CC/C=C(\C)CCC=C(C)C. The number of allylic oxidation sites excluding steroid dienone is 20. The van der Waals surface area contributed by atoms with Crippen molar-refractivity contribution >= 4 is 47.2 Å². The third kappa shape index (κ3) is 66.0. The van der Waals surface area contributed by atoms with Crippen molar-refractivity contribution in [3.05, 3.63) is 166 Å². The molecule has 2 aliphatic heterocycles. The van der Waals surface area contributed by atoms with Crippen molar-refractivity contribution in [2.24, 2.45) is 5.92 Å². The minimum absolute atomic E-state index is 0.128. The highest BCUT2D eigenvalue weighted by Gasteiger charge is 2.45. The normalized spacial score (nSPS) is 15.2. The summed E-state index contributed by atoms with van der Waals surface area (Å²) in [7, 11) is 0. The Balaban J connectivity index is -0.000000591. The molecule has 2 fully saturated rings. The molecule has 2 atom stereocenters. The number of carbonyl (C=O) groups is 8. The number of carbonyl (C=O) groups excluding carboxylic acids is 8. The van der Waals surface area contributed by atoms with Gasteiger partial charge in [0.2, 0.25) is 5.92 Å². The van der Waals surface area contributed by atoms with E-state index in [9.17, 15) is 43.5 Å². The van der Waals surface area contributed by atoms with Crippen LogP contribution in [0.1, 0.15) is 314 Å². The molecule has 0 aliphatic carbocycles. The van der Waals surface area contributed by atoms with Gasteiger partial charge in [-0.3, -0.25) is 33.6 Å². The lowest BCUT2D eigenvalue weighted by atomic mass is 9.98. The third-order valence-corrected chi connectivity index (χ3v) is 15.3. The molecular formula is C88H140O14. The van der Waals surface area contributed by atoms with Gasteiger partial charge >= 0.3 is 29.8 Å². The highest BCUT2D eigenvalue weighted by Crippen LogP contribution is 2.25. The van der Waals surface area contributed by atoms with E-state index in [2.05, 4.69) is 182 Å². The van der Waals surface area contributed by atoms with E-state index in [1.807, 2.05) is 20.8 Å². The Kier molecular flexibility index (Phi) is 55.7. The first-order valence-corrected chi connectivity index (χ1v) is 36.5. The number of ketones is 3. The van der Waals surface area contributed by atoms with Crippen molar-refractivity contribution in [2.45, 2.75) is 336 Å². The van der Waals surface area contributed by atoms with E-state index in [0.29, 0.717) is 18.6 Å². The molecule has 2 aliphatic rings. The van der Waals surface area contributed by atoms with E-state index in [1.165, 1.54) is 82.9 Å². The fourth-order valence-corrected chi connectivity index (χ4v) is 9.19. The standard InChI is InChI=1S/C25H40O2.C23H38O.C20H34O.C8H10O5.C8H14O3.C4H4O2/c1-9-25(8,27-24(26)19-21(4)5)18-12-17-23(7)16-11-15-22(6)14-10-13-20(2)3;1-19(2)11-7-12-20(3)13-8-14-21(4)15-9-16-22(5)17-10-18-23(6)24;1-7-20(6,21)16-10-15-19(5)14-9-13-18(4)12-8-11-17(2)3;1-4(9)5-6(10)12-8(2,3)13-7(5)11;1-6(9)5-7(10)11-8(2,3)4;1-3-2-4(5)6-3/h9,13,15,17H,1,4,10-12,14,16,18-19H2,2-3,5-8H3;11,13,15,17H,7-10,12,14,16,18H2,1-6H3;7,11,13,15,21H,1,8-10,12,14,16H2,2-6H3;5H,1-3H3;5H2,1-4H3;1-2H2/b22-15+,23-17+;20-13+,21-15+,22-17+;18-13+,19-15+;;;. The van der Waals surface area contributed by atoms with Crippen LogP contribution in [-0.2, 0) is 62.0 Å². The van der Waals surface area contributed by atoms with E-state index in [1.54, 1.807) is 39.8 Å². The van der Waals surface area contributed by atoms with Crippen LogP contribution in [-0.4, -0.2) is 74.9 Å². The number of rotatable bonds is 38. The summed E-state index contributed by atoms with van der Waals surface area (Å²) in [6.07, 6.45) is 47.6. The second-order valence-electron chi connectivity index (χ2n) is 29.9. The molecule has 0 saturated carbocycles. The Morgan fingerprint density at radius 1 is 0.461 bits per heavy atom. The van der Waals surface area contributed by atoms with Crippen molar-refractivity contribution < 1.29 is 67.1 Å². The predicted molar refractivity (Wildman–Crippen MR) is 424 cm³/mol. The van der Waals surface area contributed by atoms with E-state index >= 15 is 0 Å². The molecular weight excluding hydrogens is 1280 g/mol. The molecule has 102 heavy (non-hydrogen) atoms. The van der Waals surface area contributed by atoms with Crippen LogP contribution in [0.5, 0.6) is 0 Å². The smallest absolute Gasteiger partial charge is 0.331 e. The molecule has 0 aromatic heterocycles. The van der Waals surface area contributed by atoms with Gasteiger partial charge in [0.25, 0.3) is 5.79 Å². The van der Waals surface area contributed by atoms with Gasteiger partial charge in [-0.25, -0.2) is 0 Å². The maximum atomic E-state index is 11.9. The molecule has 2 heterocycles. The number of ether oxygens (including phenoxy) is 5. The molecule has 0 radical (unpaired) electrons. The van der Waals surface area contributed by atoms with Gasteiger partial charge in [0.15, 0.2) is 5.78 Å². The molecule has 576 valence electrons. The maximum absolute atomic E-state index is 11.9. The fraction of sp³-hybridized carbons (Fsp3) is 0.591. The maximum Gasteiger partial charge on any atom is 0.331 e. The van der Waals surface area contributed by atoms with E-state index in [-0.39, 0.29) is 36.3 Å². The van der Waals surface area contributed by atoms with Gasteiger partial charge in [-0.2, -0.15) is 0 Å². The molecule has 2 saturated heterocycles. The topological polar surface area (TPSA) is 203 Å². The van der Waals surface area contributed by atoms with Crippen LogP contribution in [0, 0.1) is 5.92 Å². The quantitative estimate of drug-likeness (QED) is 0.0265. The van der Waals surface area contributed by atoms with Crippen LogP contribution >= 0.6 is 0 Å². The van der Waals surface area contributed by atoms with Crippen LogP contribution in [0.3, 0.4) is 0 Å².